The molecule has 0 radical (unpaired) electrons. The Balaban J connectivity index is 1.43. The number of halogens is 1. The monoisotopic (exact) mass is 413 g/mol. The van der Waals surface area contributed by atoms with Crippen LogP contribution in [0, 0.1) is 0 Å². The van der Waals surface area contributed by atoms with Crippen LogP contribution in [0.2, 0.25) is 0 Å². The molecule has 0 bridgehead atoms. The van der Waals surface area contributed by atoms with Crippen molar-refractivity contribution in [2.24, 2.45) is 7.05 Å². The molecule has 2 aromatic carbocycles. The fourth-order valence-corrected chi connectivity index (χ4v) is 4.17. The molecule has 1 atom stereocenters. The van der Waals surface area contributed by atoms with Crippen LogP contribution in [0.15, 0.2) is 47.1 Å². The van der Waals surface area contributed by atoms with E-state index in [1.54, 1.807) is 0 Å². The molecule has 134 valence electrons. The van der Waals surface area contributed by atoms with E-state index in [9.17, 15) is 4.79 Å². The van der Waals surface area contributed by atoms with Crippen molar-refractivity contribution >= 4 is 32.6 Å². The van der Waals surface area contributed by atoms with E-state index in [1.165, 1.54) is 5.69 Å². The third-order valence-corrected chi connectivity index (χ3v) is 5.72. The Morgan fingerprint density at radius 2 is 2.19 bits per heavy atom. The number of amides is 1. The van der Waals surface area contributed by atoms with Crippen molar-refractivity contribution < 1.29 is 9.53 Å². The Morgan fingerprint density at radius 3 is 3.08 bits per heavy atom. The maximum atomic E-state index is 12.4. The molecule has 0 saturated heterocycles. The number of carbonyl (C=O) groups is 1. The van der Waals surface area contributed by atoms with E-state index in [4.69, 9.17) is 4.74 Å². The number of hydrogen-bond donors (Lipinski definition) is 1. The van der Waals surface area contributed by atoms with E-state index in [0.717, 1.165) is 40.1 Å². The normalized spacial score (nSPS) is 16.3. The van der Waals surface area contributed by atoms with Crippen molar-refractivity contribution in [2.75, 3.05) is 6.61 Å². The first-order chi connectivity index (χ1) is 12.6. The van der Waals surface area contributed by atoms with Gasteiger partial charge in [0, 0.05) is 18.3 Å². The highest BCUT2D eigenvalue weighted by Gasteiger charge is 2.24. The minimum Gasteiger partial charge on any atom is -0.483 e. The van der Waals surface area contributed by atoms with Crippen molar-refractivity contribution in [1.82, 2.24) is 15.1 Å². The van der Waals surface area contributed by atoms with Gasteiger partial charge in [-0.1, -0.05) is 30.3 Å². The number of nitrogens with zero attached hydrogens (tertiary/aromatic N) is 2. The lowest BCUT2D eigenvalue weighted by Gasteiger charge is -2.23. The number of carbonyl (C=O) groups excluding carboxylic acids is 1. The van der Waals surface area contributed by atoms with Crippen molar-refractivity contribution in [3.05, 3.63) is 58.3 Å². The van der Waals surface area contributed by atoms with Crippen LogP contribution in [0.25, 0.3) is 10.8 Å². The molecule has 6 heteroatoms. The molecule has 1 aliphatic rings. The number of benzene rings is 2. The molecule has 0 fully saturated rings. The SMILES string of the molecule is Cn1ncc2c1CCCC2NC(=O)COc1ccc2ccccc2c1Br. The van der Waals surface area contributed by atoms with E-state index in [0.29, 0.717) is 5.75 Å². The highest BCUT2D eigenvalue weighted by molar-refractivity contribution is 9.10. The number of aryl methyl sites for hydroxylation is 1. The Labute approximate surface area is 160 Å². The second kappa shape index (κ2) is 7.11. The average molecular weight is 414 g/mol. The van der Waals surface area contributed by atoms with Crippen LogP contribution in [0.4, 0.5) is 0 Å². The standard InChI is InChI=1S/C20H20BrN3O2/c1-24-17-8-4-7-16(15(17)11-22-24)23-19(25)12-26-18-10-9-13-5-2-3-6-14(13)20(18)21/h2-3,5-6,9-11,16H,4,7-8,12H2,1H3,(H,23,25). The predicted molar refractivity (Wildman–Crippen MR) is 104 cm³/mol. The lowest BCUT2D eigenvalue weighted by Crippen LogP contribution is -2.34. The van der Waals surface area contributed by atoms with E-state index in [-0.39, 0.29) is 18.6 Å². The van der Waals surface area contributed by atoms with Crippen molar-refractivity contribution in [2.45, 2.75) is 25.3 Å². The summed E-state index contributed by atoms with van der Waals surface area (Å²) in [7, 11) is 1.95. The Hall–Kier alpha value is -2.34. The maximum Gasteiger partial charge on any atom is 0.258 e. The molecule has 0 aliphatic heterocycles. The number of hydrogen-bond acceptors (Lipinski definition) is 3. The zero-order chi connectivity index (χ0) is 18.1. The average Bonchev–Trinajstić information content (AvgIpc) is 3.04. The molecular formula is C20H20BrN3O2. The molecule has 1 amide bonds. The second-order valence-electron chi connectivity index (χ2n) is 6.57. The highest BCUT2D eigenvalue weighted by Crippen LogP contribution is 2.33. The number of nitrogens with one attached hydrogen (secondary N) is 1. The molecule has 5 nitrogen and oxygen atoms in total. The summed E-state index contributed by atoms with van der Waals surface area (Å²) in [5.74, 6) is 0.552. The molecule has 1 unspecified atom stereocenters. The molecule has 3 aromatic rings. The lowest BCUT2D eigenvalue weighted by atomic mass is 9.93. The van der Waals surface area contributed by atoms with Crippen molar-refractivity contribution in [1.29, 1.82) is 0 Å². The minimum absolute atomic E-state index is 0.0109. The summed E-state index contributed by atoms with van der Waals surface area (Å²) in [4.78, 5) is 12.4. The van der Waals surface area contributed by atoms with E-state index in [1.807, 2.05) is 54.3 Å². The summed E-state index contributed by atoms with van der Waals surface area (Å²) in [6.45, 7) is -0.0109. The van der Waals surface area contributed by atoms with Gasteiger partial charge in [0.1, 0.15) is 5.75 Å². The number of aromatic nitrogens is 2. The van der Waals surface area contributed by atoms with Crippen LogP contribution in [0.5, 0.6) is 5.75 Å². The molecule has 1 aromatic heterocycles. The van der Waals surface area contributed by atoms with Gasteiger partial charge in [0.2, 0.25) is 0 Å². The summed E-state index contributed by atoms with van der Waals surface area (Å²) in [5.41, 5.74) is 2.33. The van der Waals surface area contributed by atoms with Crippen molar-refractivity contribution in [3.63, 3.8) is 0 Å². The number of fused-ring (bicyclic) bond motifs is 2. The summed E-state index contributed by atoms with van der Waals surface area (Å²) < 4.78 is 8.53. The smallest absolute Gasteiger partial charge is 0.258 e. The van der Waals surface area contributed by atoms with Gasteiger partial charge in [-0.25, -0.2) is 0 Å². The first-order valence-electron chi connectivity index (χ1n) is 8.73. The molecule has 0 spiro atoms. The molecular weight excluding hydrogens is 394 g/mol. The maximum absolute atomic E-state index is 12.4. The number of rotatable bonds is 4. The topological polar surface area (TPSA) is 56.2 Å². The lowest BCUT2D eigenvalue weighted by molar-refractivity contribution is -0.124. The molecule has 4 rings (SSSR count). The van der Waals surface area contributed by atoms with Crippen LogP contribution in [-0.4, -0.2) is 22.3 Å². The van der Waals surface area contributed by atoms with Crippen LogP contribution in [0.1, 0.15) is 30.1 Å². The Bertz CT molecular complexity index is 967. The third-order valence-electron chi connectivity index (χ3n) is 4.90. The molecule has 26 heavy (non-hydrogen) atoms. The van der Waals surface area contributed by atoms with Gasteiger partial charge in [-0.15, -0.1) is 0 Å². The van der Waals surface area contributed by atoms with E-state index < -0.39 is 0 Å². The van der Waals surface area contributed by atoms with Crippen LogP contribution in [-0.2, 0) is 18.3 Å². The first kappa shape index (κ1) is 17.1. The Morgan fingerprint density at radius 1 is 1.35 bits per heavy atom. The van der Waals surface area contributed by atoms with Gasteiger partial charge in [0.15, 0.2) is 6.61 Å². The number of ether oxygens (including phenoxy) is 1. The fraction of sp³-hybridized carbons (Fsp3) is 0.300. The van der Waals surface area contributed by atoms with Crippen LogP contribution >= 0.6 is 15.9 Å². The zero-order valence-electron chi connectivity index (χ0n) is 14.5. The van der Waals surface area contributed by atoms with Gasteiger partial charge in [-0.05, 0) is 52.0 Å². The van der Waals surface area contributed by atoms with Gasteiger partial charge in [-0.3, -0.25) is 9.48 Å². The second-order valence-corrected chi connectivity index (χ2v) is 7.36. The van der Waals surface area contributed by atoms with Crippen LogP contribution < -0.4 is 10.1 Å². The summed E-state index contributed by atoms with van der Waals surface area (Å²) in [6, 6.07) is 12.0. The highest BCUT2D eigenvalue weighted by atomic mass is 79.9. The van der Waals surface area contributed by atoms with Gasteiger partial charge in [0.25, 0.3) is 5.91 Å². The summed E-state index contributed by atoms with van der Waals surface area (Å²) in [6.07, 6.45) is 4.86. The minimum atomic E-state index is -0.119. The largest absolute Gasteiger partial charge is 0.483 e. The Kier molecular flexibility index (Phi) is 4.68. The van der Waals surface area contributed by atoms with E-state index >= 15 is 0 Å². The zero-order valence-corrected chi connectivity index (χ0v) is 16.1. The van der Waals surface area contributed by atoms with E-state index in [2.05, 4.69) is 26.3 Å². The van der Waals surface area contributed by atoms with Gasteiger partial charge in [-0.2, -0.15) is 5.10 Å². The summed E-state index contributed by atoms with van der Waals surface area (Å²) >= 11 is 3.59. The predicted octanol–water partition coefficient (Wildman–Crippen LogP) is 3.91. The van der Waals surface area contributed by atoms with Gasteiger partial charge in [0.05, 0.1) is 16.7 Å². The fourth-order valence-electron chi connectivity index (χ4n) is 3.56. The van der Waals surface area contributed by atoms with Gasteiger partial charge < -0.3 is 10.1 Å². The molecule has 1 N–H and O–H groups in total. The molecule has 1 aliphatic carbocycles. The first-order valence-corrected chi connectivity index (χ1v) is 9.53. The van der Waals surface area contributed by atoms with Crippen LogP contribution in [0.3, 0.4) is 0 Å². The molecule has 1 heterocycles. The third kappa shape index (κ3) is 3.21. The quantitative estimate of drug-likeness (QED) is 0.705. The summed E-state index contributed by atoms with van der Waals surface area (Å²) in [5, 5.41) is 9.60. The molecule has 0 saturated carbocycles. The van der Waals surface area contributed by atoms with Crippen molar-refractivity contribution in [3.8, 4) is 5.75 Å². The van der Waals surface area contributed by atoms with Gasteiger partial charge >= 0.3 is 0 Å².